The maximum Gasteiger partial charge on any atom is 0.264 e. The van der Waals surface area contributed by atoms with Crippen LogP contribution in [-0.2, 0) is 32.6 Å². The summed E-state index contributed by atoms with van der Waals surface area (Å²) in [5.41, 5.74) is 1.40. The minimum Gasteiger partial charge on any atom is -0.495 e. The SMILES string of the molecule is COc1ccc(N(CC(=O)N(Cc2c(Cl)cccc2Cl)[C@H](Cc2ccccc2)C(=O)NC2CCCC2)S(=O)(=O)c2ccccc2)cc1Cl. The minimum absolute atomic E-state index is 0.0203. The number of methoxy groups -OCH3 is 1. The van der Waals surface area contributed by atoms with Gasteiger partial charge in [-0.15, -0.1) is 0 Å². The Kier molecular flexibility index (Phi) is 11.9. The molecule has 1 saturated carbocycles. The lowest BCUT2D eigenvalue weighted by atomic mass is 10.0. The molecule has 0 radical (unpaired) electrons. The Morgan fingerprint density at radius 3 is 2.08 bits per heavy atom. The number of halogens is 3. The molecule has 5 rings (SSSR count). The summed E-state index contributed by atoms with van der Waals surface area (Å²) in [6.45, 7) is -0.792. The van der Waals surface area contributed by atoms with Crippen LogP contribution >= 0.6 is 34.8 Å². The fourth-order valence-electron chi connectivity index (χ4n) is 5.83. The summed E-state index contributed by atoms with van der Waals surface area (Å²) < 4.78 is 34.7. The fraction of sp³-hybridized carbons (Fsp3) is 0.278. The first-order chi connectivity index (χ1) is 23.1. The van der Waals surface area contributed by atoms with Gasteiger partial charge in [-0.25, -0.2) is 8.42 Å². The molecule has 0 spiro atoms. The van der Waals surface area contributed by atoms with E-state index in [1.165, 1.54) is 42.3 Å². The average molecular weight is 729 g/mol. The molecule has 252 valence electrons. The maximum absolute atomic E-state index is 14.7. The third-order valence-electron chi connectivity index (χ3n) is 8.40. The van der Waals surface area contributed by atoms with E-state index in [1.807, 2.05) is 30.3 Å². The van der Waals surface area contributed by atoms with Crippen molar-refractivity contribution in [2.24, 2.45) is 0 Å². The van der Waals surface area contributed by atoms with Crippen molar-refractivity contribution in [1.82, 2.24) is 10.2 Å². The molecule has 0 bridgehead atoms. The third-order valence-corrected chi connectivity index (χ3v) is 11.2. The van der Waals surface area contributed by atoms with Crippen LogP contribution in [0.15, 0.2) is 102 Å². The number of rotatable bonds is 13. The molecule has 1 atom stereocenters. The van der Waals surface area contributed by atoms with Gasteiger partial charge in [0.2, 0.25) is 11.8 Å². The highest BCUT2D eigenvalue weighted by atomic mass is 35.5. The zero-order valence-electron chi connectivity index (χ0n) is 26.3. The van der Waals surface area contributed by atoms with Gasteiger partial charge >= 0.3 is 0 Å². The Morgan fingerprint density at radius 2 is 1.48 bits per heavy atom. The van der Waals surface area contributed by atoms with Gasteiger partial charge in [-0.3, -0.25) is 13.9 Å². The van der Waals surface area contributed by atoms with Crippen molar-refractivity contribution in [3.63, 3.8) is 0 Å². The fourth-order valence-corrected chi connectivity index (χ4v) is 8.03. The van der Waals surface area contributed by atoms with Crippen LogP contribution in [0.5, 0.6) is 5.75 Å². The molecule has 48 heavy (non-hydrogen) atoms. The van der Waals surface area contributed by atoms with Crippen molar-refractivity contribution in [1.29, 1.82) is 0 Å². The van der Waals surface area contributed by atoms with Crippen molar-refractivity contribution in [2.45, 2.75) is 55.6 Å². The smallest absolute Gasteiger partial charge is 0.264 e. The maximum atomic E-state index is 14.7. The van der Waals surface area contributed by atoms with Gasteiger partial charge in [-0.05, 0) is 60.9 Å². The van der Waals surface area contributed by atoms with E-state index in [2.05, 4.69) is 5.32 Å². The van der Waals surface area contributed by atoms with Gasteiger partial charge < -0.3 is 15.0 Å². The lowest BCUT2D eigenvalue weighted by Crippen LogP contribution is -2.54. The van der Waals surface area contributed by atoms with Crippen molar-refractivity contribution < 1.29 is 22.7 Å². The lowest BCUT2D eigenvalue weighted by Gasteiger charge is -2.34. The summed E-state index contributed by atoms with van der Waals surface area (Å²) in [4.78, 5) is 30.2. The summed E-state index contributed by atoms with van der Waals surface area (Å²) in [5.74, 6) is -0.641. The number of hydrogen-bond donors (Lipinski definition) is 1. The Hall–Kier alpha value is -3.76. The van der Waals surface area contributed by atoms with Crippen LogP contribution in [0, 0.1) is 0 Å². The largest absolute Gasteiger partial charge is 0.495 e. The molecule has 4 aromatic rings. The van der Waals surface area contributed by atoms with E-state index in [0.717, 1.165) is 35.6 Å². The Morgan fingerprint density at radius 1 is 0.854 bits per heavy atom. The molecular weight excluding hydrogens is 693 g/mol. The second-order valence-electron chi connectivity index (χ2n) is 11.6. The summed E-state index contributed by atoms with van der Waals surface area (Å²) in [5, 5.41) is 3.93. The van der Waals surface area contributed by atoms with Crippen LogP contribution < -0.4 is 14.4 Å². The van der Waals surface area contributed by atoms with E-state index in [-0.39, 0.29) is 40.5 Å². The van der Waals surface area contributed by atoms with Gasteiger partial charge in [-0.2, -0.15) is 0 Å². The van der Waals surface area contributed by atoms with Crippen molar-refractivity contribution >= 4 is 62.3 Å². The van der Waals surface area contributed by atoms with E-state index >= 15 is 0 Å². The number of anilines is 1. The van der Waals surface area contributed by atoms with E-state index in [9.17, 15) is 18.0 Å². The Labute approximate surface area is 296 Å². The Balaban J connectivity index is 1.60. The van der Waals surface area contributed by atoms with Gasteiger partial charge in [0.1, 0.15) is 18.3 Å². The number of nitrogens with one attached hydrogen (secondary N) is 1. The van der Waals surface area contributed by atoms with E-state index in [0.29, 0.717) is 21.4 Å². The van der Waals surface area contributed by atoms with Crippen LogP contribution in [0.25, 0.3) is 0 Å². The molecule has 0 unspecified atom stereocenters. The molecule has 0 aromatic heterocycles. The first kappa shape index (κ1) is 35.5. The number of sulfonamides is 1. The van der Waals surface area contributed by atoms with Crippen molar-refractivity contribution in [3.05, 3.63) is 123 Å². The van der Waals surface area contributed by atoms with Gasteiger partial charge in [-0.1, -0.05) is 102 Å². The number of ether oxygens (including phenoxy) is 1. The topological polar surface area (TPSA) is 96.0 Å². The highest BCUT2D eigenvalue weighted by Crippen LogP contribution is 2.33. The van der Waals surface area contributed by atoms with Gasteiger partial charge in [0, 0.05) is 34.6 Å². The number of nitrogens with zero attached hydrogens (tertiary/aromatic N) is 2. The Bertz CT molecular complexity index is 1820. The predicted octanol–water partition coefficient (Wildman–Crippen LogP) is 7.55. The first-order valence-electron chi connectivity index (χ1n) is 15.6. The molecule has 2 amide bonds. The molecule has 4 aromatic carbocycles. The highest BCUT2D eigenvalue weighted by molar-refractivity contribution is 7.92. The predicted molar refractivity (Wildman–Crippen MR) is 190 cm³/mol. The molecule has 1 fully saturated rings. The summed E-state index contributed by atoms with van der Waals surface area (Å²) >= 11 is 19.7. The average Bonchev–Trinajstić information content (AvgIpc) is 3.60. The molecular formula is C36H36Cl3N3O5S. The van der Waals surface area contributed by atoms with Crippen LogP contribution in [0.3, 0.4) is 0 Å². The second-order valence-corrected chi connectivity index (χ2v) is 14.6. The number of benzene rings is 4. The second kappa shape index (κ2) is 16.1. The molecule has 0 saturated heterocycles. The summed E-state index contributed by atoms with van der Waals surface area (Å²) in [6.07, 6.45) is 3.86. The molecule has 1 N–H and O–H groups in total. The van der Waals surface area contributed by atoms with Crippen molar-refractivity contribution in [2.75, 3.05) is 18.0 Å². The zero-order valence-corrected chi connectivity index (χ0v) is 29.4. The molecule has 12 heteroatoms. The zero-order chi connectivity index (χ0) is 34.3. The van der Waals surface area contributed by atoms with Gasteiger partial charge in [0.05, 0.1) is 22.7 Å². The monoisotopic (exact) mass is 727 g/mol. The van der Waals surface area contributed by atoms with Gasteiger partial charge in [0.15, 0.2) is 0 Å². The van der Waals surface area contributed by atoms with Crippen LogP contribution in [0.1, 0.15) is 36.8 Å². The summed E-state index contributed by atoms with van der Waals surface area (Å²) in [6, 6.07) is 25.6. The number of amides is 2. The molecule has 8 nitrogen and oxygen atoms in total. The van der Waals surface area contributed by atoms with Crippen LogP contribution in [0.4, 0.5) is 5.69 Å². The van der Waals surface area contributed by atoms with E-state index in [4.69, 9.17) is 39.5 Å². The molecule has 1 aliphatic rings. The van der Waals surface area contributed by atoms with Crippen LogP contribution in [0.2, 0.25) is 15.1 Å². The standard InChI is InChI=1S/C36H36Cl3N3O5S/c1-47-34-20-19-27(22-32(34)39)42(48(45,46)28-15-6-3-7-16-28)24-35(43)41(23-29-30(37)17-10-18-31(29)38)33(21-25-11-4-2-5-12-25)36(44)40-26-13-8-9-14-26/h2-7,10-12,15-20,22,26,33H,8-9,13-14,21,23-24H2,1H3,(H,40,44)/t33-/m1/s1. The molecule has 0 heterocycles. The minimum atomic E-state index is -4.30. The number of hydrogen-bond acceptors (Lipinski definition) is 5. The van der Waals surface area contributed by atoms with E-state index < -0.39 is 28.5 Å². The third kappa shape index (κ3) is 8.44. The number of carbonyl (C=O) groups excluding carboxylic acids is 2. The molecule has 1 aliphatic carbocycles. The van der Waals surface area contributed by atoms with Gasteiger partial charge in [0.25, 0.3) is 10.0 Å². The first-order valence-corrected chi connectivity index (χ1v) is 18.1. The van der Waals surface area contributed by atoms with E-state index in [1.54, 1.807) is 36.4 Å². The lowest BCUT2D eigenvalue weighted by molar-refractivity contribution is -0.140. The van der Waals surface area contributed by atoms with Crippen LogP contribution in [-0.4, -0.2) is 50.9 Å². The molecule has 0 aliphatic heterocycles. The highest BCUT2D eigenvalue weighted by Gasteiger charge is 2.36. The summed E-state index contributed by atoms with van der Waals surface area (Å²) in [7, 11) is -2.85. The van der Waals surface area contributed by atoms with Crippen molar-refractivity contribution in [3.8, 4) is 5.75 Å². The number of carbonyl (C=O) groups is 2. The normalized spacial score (nSPS) is 13.9. The quantitative estimate of drug-likeness (QED) is 0.154.